The van der Waals surface area contributed by atoms with Crippen molar-refractivity contribution in [1.82, 2.24) is 0 Å². The first-order valence-electron chi connectivity index (χ1n) is 6.75. The van der Waals surface area contributed by atoms with Crippen LogP contribution in [-0.4, -0.2) is 17.0 Å². The van der Waals surface area contributed by atoms with Gasteiger partial charge in [0.05, 0.1) is 10.5 Å². The van der Waals surface area contributed by atoms with E-state index in [9.17, 15) is 14.9 Å². The van der Waals surface area contributed by atoms with Crippen molar-refractivity contribution in [3.63, 3.8) is 0 Å². The number of esters is 1. The monoisotopic (exact) mass is 297 g/mol. The fraction of sp³-hybridized carbons (Fsp3) is 0.118. The molecule has 1 atom stereocenters. The second-order valence-electron chi connectivity index (χ2n) is 4.68. The van der Waals surface area contributed by atoms with E-state index in [2.05, 4.69) is 0 Å². The summed E-state index contributed by atoms with van der Waals surface area (Å²) in [6.45, 7) is 1.75. The molecule has 2 aromatic rings. The number of carbonyl (C=O) groups excluding carboxylic acids is 1. The summed E-state index contributed by atoms with van der Waals surface area (Å²) in [4.78, 5) is 22.0. The minimum atomic E-state index is -0.514. The number of nitrogens with zero attached hydrogens (tertiary/aromatic N) is 1. The number of non-ortho nitro benzene ring substituents is 1. The van der Waals surface area contributed by atoms with Crippen molar-refractivity contribution in [2.45, 2.75) is 13.0 Å². The van der Waals surface area contributed by atoms with Gasteiger partial charge in [0.15, 0.2) is 0 Å². The maximum Gasteiger partial charge on any atom is 0.338 e. The van der Waals surface area contributed by atoms with Crippen LogP contribution in [0.1, 0.15) is 22.8 Å². The Hall–Kier alpha value is -2.95. The van der Waals surface area contributed by atoms with Crippen LogP contribution < -0.4 is 0 Å². The van der Waals surface area contributed by atoms with Crippen LogP contribution in [0.3, 0.4) is 0 Å². The molecule has 5 heteroatoms. The zero-order valence-electron chi connectivity index (χ0n) is 12.0. The summed E-state index contributed by atoms with van der Waals surface area (Å²) in [5, 5.41) is 10.6. The molecule has 0 bridgehead atoms. The third kappa shape index (κ3) is 4.28. The van der Waals surface area contributed by atoms with Crippen molar-refractivity contribution >= 4 is 17.7 Å². The van der Waals surface area contributed by atoms with Gasteiger partial charge in [0, 0.05) is 12.1 Å². The Labute approximate surface area is 128 Å². The van der Waals surface area contributed by atoms with Crippen LogP contribution in [0.25, 0.3) is 6.08 Å². The maximum atomic E-state index is 11.9. The lowest BCUT2D eigenvalue weighted by molar-refractivity contribution is -0.384. The molecule has 0 spiro atoms. The molecule has 0 aliphatic carbocycles. The van der Waals surface area contributed by atoms with E-state index in [1.54, 1.807) is 13.0 Å². The number of hydrogen-bond acceptors (Lipinski definition) is 4. The summed E-state index contributed by atoms with van der Waals surface area (Å²) < 4.78 is 5.26. The lowest BCUT2D eigenvalue weighted by atomic mass is 10.2. The Morgan fingerprint density at radius 1 is 1.14 bits per heavy atom. The van der Waals surface area contributed by atoms with Gasteiger partial charge in [0.1, 0.15) is 6.10 Å². The Morgan fingerprint density at radius 2 is 1.77 bits per heavy atom. The SMILES string of the molecule is C[C@@H](/C=C/c1ccccc1)OC(=O)c1ccc([N+](=O)[O-])cc1. The number of hydrogen-bond donors (Lipinski definition) is 0. The smallest absolute Gasteiger partial charge is 0.338 e. The predicted molar refractivity (Wildman–Crippen MR) is 83.4 cm³/mol. The van der Waals surface area contributed by atoms with Gasteiger partial charge in [-0.25, -0.2) is 4.79 Å². The van der Waals surface area contributed by atoms with E-state index in [0.717, 1.165) is 5.56 Å². The highest BCUT2D eigenvalue weighted by Gasteiger charge is 2.12. The average Bonchev–Trinajstić information content (AvgIpc) is 2.54. The van der Waals surface area contributed by atoms with Crippen LogP contribution in [0.2, 0.25) is 0 Å². The highest BCUT2D eigenvalue weighted by atomic mass is 16.6. The Bertz CT molecular complexity index is 678. The molecule has 0 heterocycles. The summed E-state index contributed by atoms with van der Waals surface area (Å²) in [7, 11) is 0. The molecular formula is C17H15NO4. The van der Waals surface area contributed by atoms with Gasteiger partial charge >= 0.3 is 5.97 Å². The van der Waals surface area contributed by atoms with Gasteiger partial charge in [-0.15, -0.1) is 0 Å². The van der Waals surface area contributed by atoms with Gasteiger partial charge in [-0.2, -0.15) is 0 Å². The van der Waals surface area contributed by atoms with Gasteiger partial charge in [-0.05, 0) is 30.7 Å². The molecule has 0 aliphatic heterocycles. The normalized spacial score (nSPS) is 12.0. The zero-order chi connectivity index (χ0) is 15.9. The van der Waals surface area contributed by atoms with E-state index >= 15 is 0 Å². The van der Waals surface area contributed by atoms with Crippen molar-refractivity contribution < 1.29 is 14.5 Å². The number of nitro groups is 1. The van der Waals surface area contributed by atoms with Crippen molar-refractivity contribution in [2.75, 3.05) is 0 Å². The van der Waals surface area contributed by atoms with Gasteiger partial charge in [-0.3, -0.25) is 10.1 Å². The van der Waals surface area contributed by atoms with Crippen LogP contribution in [0.15, 0.2) is 60.7 Å². The molecule has 22 heavy (non-hydrogen) atoms. The van der Waals surface area contributed by atoms with Crippen molar-refractivity contribution in [3.8, 4) is 0 Å². The van der Waals surface area contributed by atoms with E-state index in [1.807, 2.05) is 36.4 Å². The molecule has 0 unspecified atom stereocenters. The second kappa shape index (κ2) is 7.17. The Morgan fingerprint density at radius 3 is 2.36 bits per heavy atom. The third-order valence-electron chi connectivity index (χ3n) is 2.97. The number of ether oxygens (including phenoxy) is 1. The van der Waals surface area contributed by atoms with Gasteiger partial charge in [0.2, 0.25) is 0 Å². The standard InChI is InChI=1S/C17H15NO4/c1-13(7-8-14-5-3-2-4-6-14)22-17(19)15-9-11-16(12-10-15)18(20)21/h2-13H,1H3/b8-7+/t13-/m0/s1. The molecule has 112 valence electrons. The second-order valence-corrected chi connectivity index (χ2v) is 4.68. The summed E-state index contributed by atoms with van der Waals surface area (Å²) in [6, 6.07) is 15.0. The molecule has 0 saturated heterocycles. The molecule has 0 aliphatic rings. The van der Waals surface area contributed by atoms with Crippen LogP contribution in [0.4, 0.5) is 5.69 Å². The molecule has 0 fully saturated rings. The molecule has 0 aromatic heterocycles. The maximum absolute atomic E-state index is 11.9. The minimum absolute atomic E-state index is 0.0615. The van der Waals surface area contributed by atoms with Crippen molar-refractivity contribution in [3.05, 3.63) is 81.9 Å². The van der Waals surface area contributed by atoms with E-state index in [1.165, 1.54) is 24.3 Å². The van der Waals surface area contributed by atoms with Crippen LogP contribution in [0, 0.1) is 10.1 Å². The molecule has 5 nitrogen and oxygen atoms in total. The molecule has 0 amide bonds. The summed E-state index contributed by atoms with van der Waals surface area (Å²) in [6.07, 6.45) is 3.25. The predicted octanol–water partition coefficient (Wildman–Crippen LogP) is 3.85. The molecule has 2 aromatic carbocycles. The Balaban J connectivity index is 1.96. The summed E-state index contributed by atoms with van der Waals surface area (Å²) in [5.41, 5.74) is 1.24. The third-order valence-corrected chi connectivity index (χ3v) is 2.97. The van der Waals surface area contributed by atoms with E-state index < -0.39 is 17.0 Å². The summed E-state index contributed by atoms with van der Waals surface area (Å²) >= 11 is 0. The molecule has 0 saturated carbocycles. The van der Waals surface area contributed by atoms with Crippen LogP contribution in [0.5, 0.6) is 0 Å². The van der Waals surface area contributed by atoms with E-state index in [0.29, 0.717) is 0 Å². The van der Waals surface area contributed by atoms with Gasteiger partial charge in [0.25, 0.3) is 5.69 Å². The lowest BCUT2D eigenvalue weighted by Crippen LogP contribution is -2.12. The average molecular weight is 297 g/mol. The fourth-order valence-corrected chi connectivity index (χ4v) is 1.81. The fourth-order valence-electron chi connectivity index (χ4n) is 1.81. The lowest BCUT2D eigenvalue weighted by Gasteiger charge is -2.09. The highest BCUT2D eigenvalue weighted by molar-refractivity contribution is 5.89. The molecular weight excluding hydrogens is 282 g/mol. The first kappa shape index (κ1) is 15.4. The minimum Gasteiger partial charge on any atom is -0.455 e. The van der Waals surface area contributed by atoms with Crippen molar-refractivity contribution in [2.24, 2.45) is 0 Å². The quantitative estimate of drug-likeness (QED) is 0.477. The zero-order valence-corrected chi connectivity index (χ0v) is 12.0. The molecule has 2 rings (SSSR count). The first-order valence-corrected chi connectivity index (χ1v) is 6.75. The van der Waals surface area contributed by atoms with Gasteiger partial charge in [-0.1, -0.05) is 36.4 Å². The number of rotatable bonds is 5. The number of carbonyl (C=O) groups is 1. The molecule has 0 radical (unpaired) electrons. The highest BCUT2D eigenvalue weighted by Crippen LogP contribution is 2.13. The summed E-state index contributed by atoms with van der Waals surface area (Å²) in [5.74, 6) is -0.514. The van der Waals surface area contributed by atoms with E-state index in [4.69, 9.17) is 4.74 Å². The first-order chi connectivity index (χ1) is 10.6. The van der Waals surface area contributed by atoms with Gasteiger partial charge < -0.3 is 4.74 Å². The topological polar surface area (TPSA) is 69.4 Å². The van der Waals surface area contributed by atoms with Crippen molar-refractivity contribution in [1.29, 1.82) is 0 Å². The number of benzene rings is 2. The largest absolute Gasteiger partial charge is 0.455 e. The Kier molecular flexibility index (Phi) is 5.03. The van der Waals surface area contributed by atoms with Crippen LogP contribution >= 0.6 is 0 Å². The molecule has 0 N–H and O–H groups in total. The number of nitro benzene ring substituents is 1. The van der Waals surface area contributed by atoms with Crippen LogP contribution in [-0.2, 0) is 4.74 Å². The van der Waals surface area contributed by atoms with E-state index in [-0.39, 0.29) is 11.3 Å².